The summed E-state index contributed by atoms with van der Waals surface area (Å²) in [5.74, 6) is 1.41. The highest BCUT2D eigenvalue weighted by molar-refractivity contribution is 5.46. The van der Waals surface area contributed by atoms with Gasteiger partial charge in [-0.2, -0.15) is 0 Å². The first-order valence-electron chi connectivity index (χ1n) is 8.52. The minimum atomic E-state index is 0.0894. The molecule has 0 amide bonds. The maximum Gasteiger partial charge on any atom is 0.127 e. The third kappa shape index (κ3) is 3.14. The lowest BCUT2D eigenvalue weighted by Gasteiger charge is -2.39. The van der Waals surface area contributed by atoms with Crippen molar-refractivity contribution in [1.29, 1.82) is 0 Å². The first kappa shape index (κ1) is 15.8. The molecule has 2 unspecified atom stereocenters. The minimum Gasteiger partial charge on any atom is -0.493 e. The molecule has 0 saturated carbocycles. The van der Waals surface area contributed by atoms with E-state index < -0.39 is 0 Å². The summed E-state index contributed by atoms with van der Waals surface area (Å²) in [4.78, 5) is 5.06. The van der Waals surface area contributed by atoms with Crippen molar-refractivity contribution in [2.75, 3.05) is 45.9 Å². The lowest BCUT2D eigenvalue weighted by Crippen LogP contribution is -2.49. The number of rotatable bonds is 3. The van der Waals surface area contributed by atoms with Gasteiger partial charge in [0.2, 0.25) is 0 Å². The zero-order valence-electron chi connectivity index (χ0n) is 14.1. The maximum absolute atomic E-state index is 6.58. The largest absolute Gasteiger partial charge is 0.493 e. The van der Waals surface area contributed by atoms with E-state index in [-0.39, 0.29) is 6.04 Å². The third-order valence-electron chi connectivity index (χ3n) is 5.16. The van der Waals surface area contributed by atoms with Crippen molar-refractivity contribution in [3.05, 3.63) is 28.8 Å². The third-order valence-corrected chi connectivity index (χ3v) is 5.16. The summed E-state index contributed by atoms with van der Waals surface area (Å²) in [6, 6.07) is 4.47. The van der Waals surface area contributed by atoms with E-state index in [4.69, 9.17) is 10.5 Å². The smallest absolute Gasteiger partial charge is 0.127 e. The number of fused-ring (bicyclic) bond motifs is 1. The number of nitrogens with zero attached hydrogens (tertiary/aromatic N) is 2. The van der Waals surface area contributed by atoms with Gasteiger partial charge in [-0.3, -0.25) is 0 Å². The molecule has 1 aromatic carbocycles. The van der Waals surface area contributed by atoms with Crippen molar-refractivity contribution in [1.82, 2.24) is 9.80 Å². The van der Waals surface area contributed by atoms with Crippen LogP contribution in [0.4, 0.5) is 0 Å². The molecule has 0 radical (unpaired) electrons. The van der Waals surface area contributed by atoms with E-state index in [9.17, 15) is 0 Å². The fourth-order valence-electron chi connectivity index (χ4n) is 3.77. The molecule has 4 heteroatoms. The number of hydrogen-bond acceptors (Lipinski definition) is 4. The van der Waals surface area contributed by atoms with Gasteiger partial charge in [-0.05, 0) is 26.0 Å². The molecule has 0 aliphatic carbocycles. The molecule has 3 rings (SSSR count). The second-order valence-corrected chi connectivity index (χ2v) is 6.83. The lowest BCUT2D eigenvalue weighted by molar-refractivity contribution is 0.0916. The number of likely N-dealkylation sites (N-methyl/N-ethyl adjacent to an activating group) is 1. The van der Waals surface area contributed by atoms with Crippen LogP contribution in [-0.2, 0) is 0 Å². The van der Waals surface area contributed by atoms with Crippen LogP contribution >= 0.6 is 0 Å². The Morgan fingerprint density at radius 2 is 1.82 bits per heavy atom. The molecule has 2 heterocycles. The van der Waals surface area contributed by atoms with Crippen molar-refractivity contribution in [2.24, 2.45) is 11.7 Å². The van der Waals surface area contributed by atoms with Gasteiger partial charge < -0.3 is 20.3 Å². The van der Waals surface area contributed by atoms with Crippen LogP contribution in [0.1, 0.15) is 29.7 Å². The van der Waals surface area contributed by atoms with E-state index in [0.717, 1.165) is 38.5 Å². The predicted molar refractivity (Wildman–Crippen MR) is 90.4 cm³/mol. The first-order valence-corrected chi connectivity index (χ1v) is 8.52. The van der Waals surface area contributed by atoms with E-state index in [1.807, 2.05) is 0 Å². The van der Waals surface area contributed by atoms with Crippen LogP contribution in [0.5, 0.6) is 5.75 Å². The van der Waals surface area contributed by atoms with Gasteiger partial charge in [0.1, 0.15) is 5.75 Å². The second kappa shape index (κ2) is 6.57. The van der Waals surface area contributed by atoms with Crippen LogP contribution in [0.3, 0.4) is 0 Å². The number of hydrogen-bond donors (Lipinski definition) is 1. The summed E-state index contributed by atoms with van der Waals surface area (Å²) in [5.41, 5.74) is 10.3. The standard InChI is InChI=1S/C18H29N3O/c1-4-20-5-7-21(8-6-20)11-15-12-22-18-14(3)9-13(2)10-16(18)17(15)19/h9-10,15,17H,4-8,11-12,19H2,1-3H3. The molecule has 1 fully saturated rings. The van der Waals surface area contributed by atoms with Gasteiger partial charge in [0.05, 0.1) is 6.61 Å². The van der Waals surface area contributed by atoms with Gasteiger partial charge >= 0.3 is 0 Å². The summed E-state index contributed by atoms with van der Waals surface area (Å²) >= 11 is 0. The maximum atomic E-state index is 6.58. The van der Waals surface area contributed by atoms with Gasteiger partial charge in [-0.1, -0.05) is 24.6 Å². The Kier molecular flexibility index (Phi) is 4.71. The van der Waals surface area contributed by atoms with Crippen LogP contribution in [0.2, 0.25) is 0 Å². The Hall–Kier alpha value is -1.10. The van der Waals surface area contributed by atoms with Gasteiger partial charge in [-0.15, -0.1) is 0 Å². The highest BCUT2D eigenvalue weighted by atomic mass is 16.5. The minimum absolute atomic E-state index is 0.0894. The van der Waals surface area contributed by atoms with Gasteiger partial charge in [0.25, 0.3) is 0 Å². The van der Waals surface area contributed by atoms with E-state index in [0.29, 0.717) is 5.92 Å². The average molecular weight is 303 g/mol. The summed E-state index contributed by atoms with van der Waals surface area (Å²) in [5, 5.41) is 0. The van der Waals surface area contributed by atoms with Crippen molar-refractivity contribution < 1.29 is 4.74 Å². The molecular formula is C18H29N3O. The number of benzene rings is 1. The lowest BCUT2D eigenvalue weighted by atomic mass is 9.88. The molecule has 4 nitrogen and oxygen atoms in total. The Bertz CT molecular complexity index is 523. The molecule has 0 aromatic heterocycles. The monoisotopic (exact) mass is 303 g/mol. The van der Waals surface area contributed by atoms with Crippen LogP contribution in [-0.4, -0.2) is 55.7 Å². The molecule has 1 saturated heterocycles. The second-order valence-electron chi connectivity index (χ2n) is 6.83. The average Bonchev–Trinajstić information content (AvgIpc) is 2.51. The van der Waals surface area contributed by atoms with Crippen LogP contribution in [0, 0.1) is 19.8 Å². The van der Waals surface area contributed by atoms with E-state index in [2.05, 4.69) is 42.7 Å². The molecular weight excluding hydrogens is 274 g/mol. The zero-order valence-corrected chi connectivity index (χ0v) is 14.1. The number of nitrogens with two attached hydrogens (primary N) is 1. The van der Waals surface area contributed by atoms with Crippen molar-refractivity contribution in [2.45, 2.75) is 26.8 Å². The summed E-state index contributed by atoms with van der Waals surface area (Å²) < 4.78 is 6.06. The van der Waals surface area contributed by atoms with E-state index in [1.165, 1.54) is 29.8 Å². The molecule has 122 valence electrons. The molecule has 0 bridgehead atoms. The molecule has 2 aliphatic rings. The number of piperazine rings is 1. The number of aryl methyl sites for hydroxylation is 2. The molecule has 2 N–H and O–H groups in total. The highest BCUT2D eigenvalue weighted by Crippen LogP contribution is 2.37. The van der Waals surface area contributed by atoms with E-state index in [1.54, 1.807) is 0 Å². The zero-order chi connectivity index (χ0) is 15.7. The van der Waals surface area contributed by atoms with Gasteiger partial charge in [-0.25, -0.2) is 0 Å². The van der Waals surface area contributed by atoms with Crippen molar-refractivity contribution in [3.8, 4) is 5.75 Å². The van der Waals surface area contributed by atoms with E-state index >= 15 is 0 Å². The fourth-order valence-corrected chi connectivity index (χ4v) is 3.77. The van der Waals surface area contributed by atoms with Gasteiger partial charge in [0.15, 0.2) is 0 Å². The summed E-state index contributed by atoms with van der Waals surface area (Å²) in [6.07, 6.45) is 0. The van der Waals surface area contributed by atoms with Crippen molar-refractivity contribution in [3.63, 3.8) is 0 Å². The van der Waals surface area contributed by atoms with Gasteiger partial charge in [0, 0.05) is 50.2 Å². The fraction of sp³-hybridized carbons (Fsp3) is 0.667. The molecule has 0 spiro atoms. The van der Waals surface area contributed by atoms with Crippen LogP contribution in [0.25, 0.3) is 0 Å². The molecule has 1 aromatic rings. The Balaban J connectivity index is 1.67. The molecule has 22 heavy (non-hydrogen) atoms. The molecule has 2 atom stereocenters. The van der Waals surface area contributed by atoms with Crippen molar-refractivity contribution >= 4 is 0 Å². The summed E-state index contributed by atoms with van der Waals surface area (Å²) in [7, 11) is 0. The highest BCUT2D eigenvalue weighted by Gasteiger charge is 2.31. The van der Waals surface area contributed by atoms with Crippen LogP contribution in [0.15, 0.2) is 12.1 Å². The van der Waals surface area contributed by atoms with Crippen LogP contribution < -0.4 is 10.5 Å². The SMILES string of the molecule is CCN1CCN(CC2COc3c(C)cc(C)cc3C2N)CC1. The first-order chi connectivity index (χ1) is 10.6. The Morgan fingerprint density at radius 1 is 1.14 bits per heavy atom. The number of ether oxygens (including phenoxy) is 1. The Morgan fingerprint density at radius 3 is 2.50 bits per heavy atom. The topological polar surface area (TPSA) is 41.7 Å². The quantitative estimate of drug-likeness (QED) is 0.927. The summed E-state index contributed by atoms with van der Waals surface area (Å²) in [6.45, 7) is 14.1. The predicted octanol–water partition coefficient (Wildman–Crippen LogP) is 1.95. The normalized spacial score (nSPS) is 26.5. The Labute approximate surface area is 134 Å². The molecule has 2 aliphatic heterocycles.